The summed E-state index contributed by atoms with van der Waals surface area (Å²) in [6, 6.07) is 4.38. The lowest BCUT2D eigenvalue weighted by Gasteiger charge is -2.41. The minimum atomic E-state index is 0.575. The van der Waals surface area contributed by atoms with Crippen LogP contribution in [0.25, 0.3) is 0 Å². The molecule has 1 rings (SSSR count). The van der Waals surface area contributed by atoms with E-state index in [0.29, 0.717) is 12.8 Å². The van der Waals surface area contributed by atoms with Crippen molar-refractivity contribution in [2.24, 2.45) is 0 Å². The van der Waals surface area contributed by atoms with Gasteiger partial charge in [0.1, 0.15) is 0 Å². The maximum absolute atomic E-state index is 8.63. The smallest absolute Gasteiger partial charge is 0.0635 e. The van der Waals surface area contributed by atoms with Crippen molar-refractivity contribution in [3.8, 4) is 12.1 Å². The van der Waals surface area contributed by atoms with Crippen molar-refractivity contribution in [3.05, 3.63) is 0 Å². The lowest BCUT2D eigenvalue weighted by atomic mass is 10.3. The lowest BCUT2D eigenvalue weighted by Crippen LogP contribution is -2.55. The third-order valence-electron chi connectivity index (χ3n) is 2.82. The summed E-state index contributed by atoms with van der Waals surface area (Å²) in [7, 11) is 0. The summed E-state index contributed by atoms with van der Waals surface area (Å²) in [5.74, 6) is 0. The van der Waals surface area contributed by atoms with Gasteiger partial charge in [0.25, 0.3) is 0 Å². The molecule has 0 aromatic heterocycles. The Bertz CT molecular complexity index is 264. The molecule has 5 heteroatoms. The van der Waals surface area contributed by atoms with Crippen LogP contribution in [0.1, 0.15) is 26.2 Å². The first-order valence-corrected chi connectivity index (χ1v) is 6.21. The fourth-order valence-electron chi connectivity index (χ4n) is 2.14. The van der Waals surface area contributed by atoms with Crippen molar-refractivity contribution in [2.45, 2.75) is 26.2 Å². The number of hydrogen-bond acceptors (Lipinski definition) is 5. The highest BCUT2D eigenvalue weighted by molar-refractivity contribution is 4.78. The van der Waals surface area contributed by atoms with Gasteiger partial charge in [-0.1, -0.05) is 6.92 Å². The van der Waals surface area contributed by atoms with E-state index in [1.54, 1.807) is 0 Å². The lowest BCUT2D eigenvalue weighted by molar-refractivity contribution is -0.0270. The van der Waals surface area contributed by atoms with E-state index in [-0.39, 0.29) is 0 Å². The Morgan fingerprint density at radius 1 is 0.824 bits per heavy atom. The first-order valence-electron chi connectivity index (χ1n) is 6.21. The molecule has 0 aromatic rings. The number of nitrogens with zero attached hydrogens (tertiary/aromatic N) is 5. The van der Waals surface area contributed by atoms with Crippen molar-refractivity contribution in [1.82, 2.24) is 14.7 Å². The van der Waals surface area contributed by atoms with Crippen molar-refractivity contribution >= 4 is 0 Å². The molecule has 0 radical (unpaired) electrons. The van der Waals surface area contributed by atoms with Gasteiger partial charge in [0.05, 0.1) is 32.1 Å². The van der Waals surface area contributed by atoms with Crippen LogP contribution in [0.15, 0.2) is 0 Å². The van der Waals surface area contributed by atoms with E-state index in [1.165, 1.54) is 0 Å². The molecule has 0 aliphatic carbocycles. The molecular formula is C12H21N5. The van der Waals surface area contributed by atoms with Crippen molar-refractivity contribution < 1.29 is 0 Å². The van der Waals surface area contributed by atoms with E-state index >= 15 is 0 Å². The first kappa shape index (κ1) is 13.9. The molecule has 1 saturated heterocycles. The van der Waals surface area contributed by atoms with Crippen molar-refractivity contribution in [1.29, 1.82) is 10.5 Å². The summed E-state index contributed by atoms with van der Waals surface area (Å²) in [5.41, 5.74) is 0. The van der Waals surface area contributed by atoms with E-state index in [0.717, 1.165) is 46.1 Å². The summed E-state index contributed by atoms with van der Waals surface area (Å²) in [6.07, 6.45) is 2.29. The van der Waals surface area contributed by atoms with Gasteiger partial charge in [-0.25, -0.2) is 0 Å². The Morgan fingerprint density at radius 2 is 1.24 bits per heavy atom. The van der Waals surface area contributed by atoms with Gasteiger partial charge in [0.2, 0.25) is 0 Å². The Morgan fingerprint density at radius 3 is 1.59 bits per heavy atom. The molecule has 5 nitrogen and oxygen atoms in total. The van der Waals surface area contributed by atoms with Crippen molar-refractivity contribution in [3.63, 3.8) is 0 Å². The van der Waals surface area contributed by atoms with E-state index in [2.05, 4.69) is 33.8 Å². The minimum Gasteiger partial charge on any atom is -0.277 e. The Balaban J connectivity index is 2.44. The van der Waals surface area contributed by atoms with Gasteiger partial charge < -0.3 is 0 Å². The zero-order chi connectivity index (χ0) is 12.5. The Kier molecular flexibility index (Phi) is 6.57. The summed E-state index contributed by atoms with van der Waals surface area (Å²) in [4.78, 5) is 6.93. The normalized spacial score (nSPS) is 18.8. The fraction of sp³-hybridized carbons (Fsp3) is 0.833. The molecule has 0 N–H and O–H groups in total. The third kappa shape index (κ3) is 5.14. The van der Waals surface area contributed by atoms with Gasteiger partial charge >= 0.3 is 0 Å². The van der Waals surface area contributed by atoms with Gasteiger partial charge in [-0.3, -0.25) is 14.7 Å². The molecule has 0 spiro atoms. The van der Waals surface area contributed by atoms with E-state index in [4.69, 9.17) is 10.5 Å². The SMILES string of the molecule is CCCN1CN(CCC#N)CN(CCC#N)C1. The summed E-state index contributed by atoms with van der Waals surface area (Å²) < 4.78 is 0. The molecule has 17 heavy (non-hydrogen) atoms. The summed E-state index contributed by atoms with van der Waals surface area (Å²) >= 11 is 0. The highest BCUT2D eigenvalue weighted by Crippen LogP contribution is 2.08. The highest BCUT2D eigenvalue weighted by Gasteiger charge is 2.21. The average molecular weight is 235 g/mol. The minimum absolute atomic E-state index is 0.575. The van der Waals surface area contributed by atoms with Crippen LogP contribution in [0.5, 0.6) is 0 Å². The predicted molar refractivity (Wildman–Crippen MR) is 65.5 cm³/mol. The molecular weight excluding hydrogens is 214 g/mol. The van der Waals surface area contributed by atoms with Gasteiger partial charge in [0.15, 0.2) is 0 Å². The van der Waals surface area contributed by atoms with Crippen LogP contribution in [0.2, 0.25) is 0 Å². The number of nitriles is 2. The predicted octanol–water partition coefficient (Wildman–Crippen LogP) is 1.02. The van der Waals surface area contributed by atoms with Gasteiger partial charge in [-0.15, -0.1) is 0 Å². The molecule has 1 fully saturated rings. The van der Waals surface area contributed by atoms with Crippen LogP contribution in [-0.2, 0) is 0 Å². The van der Waals surface area contributed by atoms with Crippen LogP contribution >= 0.6 is 0 Å². The molecule has 1 aliphatic rings. The van der Waals surface area contributed by atoms with Gasteiger partial charge in [-0.2, -0.15) is 10.5 Å². The Hall–Kier alpha value is -1.14. The van der Waals surface area contributed by atoms with Crippen LogP contribution in [-0.4, -0.2) is 54.3 Å². The van der Waals surface area contributed by atoms with Crippen molar-refractivity contribution in [2.75, 3.05) is 39.6 Å². The average Bonchev–Trinajstić information content (AvgIpc) is 2.34. The molecule has 0 aromatic carbocycles. The van der Waals surface area contributed by atoms with E-state index < -0.39 is 0 Å². The fourth-order valence-corrected chi connectivity index (χ4v) is 2.14. The standard InChI is InChI=1S/C12H21N5/c1-2-7-15-10-16(8-3-5-13)12-17(11-15)9-4-6-14/h2-4,7-12H2,1H3. The zero-order valence-corrected chi connectivity index (χ0v) is 10.6. The molecule has 1 aliphatic heterocycles. The van der Waals surface area contributed by atoms with E-state index in [9.17, 15) is 0 Å². The highest BCUT2D eigenvalue weighted by atomic mass is 15.5. The number of rotatable bonds is 6. The molecule has 0 atom stereocenters. The van der Waals surface area contributed by atoms with Crippen LogP contribution < -0.4 is 0 Å². The topological polar surface area (TPSA) is 57.3 Å². The third-order valence-corrected chi connectivity index (χ3v) is 2.82. The monoisotopic (exact) mass is 235 g/mol. The van der Waals surface area contributed by atoms with Gasteiger partial charge in [0, 0.05) is 32.5 Å². The van der Waals surface area contributed by atoms with Gasteiger partial charge in [-0.05, 0) is 6.42 Å². The summed E-state index contributed by atoms with van der Waals surface area (Å²) in [5, 5.41) is 17.3. The quantitative estimate of drug-likeness (QED) is 0.688. The second kappa shape index (κ2) is 8.03. The largest absolute Gasteiger partial charge is 0.277 e. The van der Waals surface area contributed by atoms with Crippen LogP contribution in [0.3, 0.4) is 0 Å². The molecule has 0 saturated carbocycles. The van der Waals surface area contributed by atoms with Crippen LogP contribution in [0, 0.1) is 22.7 Å². The Labute approximate surface area is 104 Å². The molecule has 1 heterocycles. The maximum Gasteiger partial charge on any atom is 0.0635 e. The molecule has 0 unspecified atom stereocenters. The first-order chi connectivity index (χ1) is 8.30. The molecule has 94 valence electrons. The molecule has 0 amide bonds. The van der Waals surface area contributed by atoms with Crippen LogP contribution in [0.4, 0.5) is 0 Å². The number of hydrogen-bond donors (Lipinski definition) is 0. The summed E-state index contributed by atoms with van der Waals surface area (Å²) in [6.45, 7) is 7.65. The second-order valence-corrected chi connectivity index (χ2v) is 4.42. The second-order valence-electron chi connectivity index (χ2n) is 4.42. The maximum atomic E-state index is 8.63. The molecule has 0 bridgehead atoms. The zero-order valence-electron chi connectivity index (χ0n) is 10.6. The van der Waals surface area contributed by atoms with E-state index in [1.807, 2.05) is 0 Å².